The largest absolute Gasteiger partial charge is 0.599 e. The van der Waals surface area contributed by atoms with E-state index < -0.39 is 22.6 Å². The Morgan fingerprint density at radius 1 is 1.60 bits per heavy atom. The van der Waals surface area contributed by atoms with Gasteiger partial charge in [0.05, 0.1) is 0 Å². The molecule has 7 nitrogen and oxygen atoms in total. The van der Waals surface area contributed by atoms with Gasteiger partial charge in [-0.05, 0) is 5.17 Å². The van der Waals surface area contributed by atoms with Crippen molar-refractivity contribution in [3.05, 3.63) is 16.7 Å². The van der Waals surface area contributed by atoms with E-state index in [9.17, 15) is 10.0 Å². The zero-order chi connectivity index (χ0) is 7.89. The zero-order valence-electron chi connectivity index (χ0n) is 4.87. The molecule has 56 valence electrons. The number of nitrogens with zero attached hydrogens (tertiary/aromatic N) is 1. The predicted molar refractivity (Wildman–Crippen MR) is 28.4 cm³/mol. The summed E-state index contributed by atoms with van der Waals surface area (Å²) >= 11 is 0. The molecule has 0 aliphatic carbocycles. The molecule has 1 aliphatic heterocycles. The van der Waals surface area contributed by atoms with Crippen LogP contribution in [0.5, 0.6) is 0 Å². The highest BCUT2D eigenvalue weighted by atomic mass is 16.7. The molecule has 1 atom stereocenters. The Morgan fingerprint density at radius 3 is 2.20 bits per heavy atom. The van der Waals surface area contributed by atoms with Crippen molar-refractivity contribution in [2.75, 3.05) is 0 Å². The minimum Gasteiger partial charge on any atom is -0.599 e. The fourth-order valence-electron chi connectivity index (χ4n) is 0.551. The number of rotatable bonds is 0. The van der Waals surface area contributed by atoms with Crippen LogP contribution in [-0.2, 0) is 4.79 Å². The van der Waals surface area contributed by atoms with Gasteiger partial charge >= 0.3 is 5.91 Å². The second-order valence-electron chi connectivity index (χ2n) is 1.75. The van der Waals surface area contributed by atoms with Gasteiger partial charge in [0.25, 0.3) is 5.82 Å². The Morgan fingerprint density at radius 2 is 2.10 bits per heavy atom. The van der Waals surface area contributed by atoms with Crippen molar-refractivity contribution in [1.82, 2.24) is 5.17 Å². The molecule has 1 rings (SSSR count). The number of amides is 1. The Balaban J connectivity index is 2.99. The number of hydrogen-bond donors (Lipinski definition) is 4. The van der Waals surface area contributed by atoms with Crippen LogP contribution in [0.3, 0.4) is 0 Å². The van der Waals surface area contributed by atoms with Gasteiger partial charge in [-0.2, -0.15) is 5.17 Å². The van der Waals surface area contributed by atoms with E-state index in [1.165, 1.54) is 0 Å². The first-order valence-electron chi connectivity index (χ1n) is 2.38. The quantitative estimate of drug-likeness (QED) is 0.210. The maximum absolute atomic E-state index is 10.5. The van der Waals surface area contributed by atoms with Crippen LogP contribution in [0.15, 0.2) is 11.5 Å². The first-order valence-corrected chi connectivity index (χ1v) is 2.38. The molecule has 0 saturated heterocycles. The summed E-state index contributed by atoms with van der Waals surface area (Å²) in [4.78, 5) is 10.5. The molecule has 0 spiro atoms. The smallest absolute Gasteiger partial charge is 0.353 e. The number of quaternary nitrogens is 1. The monoisotopic (exact) mass is 146 g/mol. The van der Waals surface area contributed by atoms with Crippen LogP contribution in [0, 0.1) is 5.21 Å². The van der Waals surface area contributed by atoms with E-state index in [1.807, 2.05) is 0 Å². The highest BCUT2D eigenvalue weighted by molar-refractivity contribution is 5.92. The second-order valence-corrected chi connectivity index (χ2v) is 1.75. The lowest BCUT2D eigenvalue weighted by Gasteiger charge is -2.19. The number of nitrogens with two attached hydrogens (primary N) is 2. The maximum atomic E-state index is 10.5. The van der Waals surface area contributed by atoms with Gasteiger partial charge in [-0.1, -0.05) is 0 Å². The Bertz CT molecular complexity index is 212. The molecule has 7 heteroatoms. The molecule has 0 bridgehead atoms. The van der Waals surface area contributed by atoms with Crippen LogP contribution in [0.2, 0.25) is 0 Å². The Hall–Kier alpha value is -1.31. The molecule has 1 amide bonds. The van der Waals surface area contributed by atoms with Gasteiger partial charge in [-0.25, -0.2) is 5.21 Å². The van der Waals surface area contributed by atoms with Crippen LogP contribution in [0.4, 0.5) is 0 Å². The Labute approximate surface area is 55.6 Å². The molecule has 0 aromatic carbocycles. The first kappa shape index (κ1) is 6.81. The third-order valence-corrected chi connectivity index (χ3v) is 1.14. The summed E-state index contributed by atoms with van der Waals surface area (Å²) in [5.41, 5.74) is 9.56. The summed E-state index contributed by atoms with van der Waals surface area (Å²) in [5.74, 6) is -1.38. The van der Waals surface area contributed by atoms with Crippen molar-refractivity contribution < 1.29 is 15.2 Å². The molecule has 0 aromatic rings. The van der Waals surface area contributed by atoms with E-state index in [-0.39, 0.29) is 5.17 Å². The molecule has 6 N–H and O–H groups in total. The van der Waals surface area contributed by atoms with Gasteiger partial charge in [0, 0.05) is 0 Å². The van der Waals surface area contributed by atoms with E-state index >= 15 is 0 Å². The third-order valence-electron chi connectivity index (χ3n) is 1.14. The number of hydrogen-bond acceptors (Lipinski definition) is 5. The van der Waals surface area contributed by atoms with Gasteiger partial charge in [0.15, 0.2) is 5.70 Å². The van der Waals surface area contributed by atoms with Crippen LogP contribution in [0.25, 0.3) is 0 Å². The van der Waals surface area contributed by atoms with E-state index in [1.54, 1.807) is 0 Å². The maximum Gasteiger partial charge on any atom is 0.353 e. The lowest BCUT2D eigenvalue weighted by Crippen LogP contribution is -3.11. The van der Waals surface area contributed by atoms with Gasteiger partial charge < -0.3 is 16.7 Å². The van der Waals surface area contributed by atoms with Crippen LogP contribution >= 0.6 is 0 Å². The van der Waals surface area contributed by atoms with E-state index in [2.05, 4.69) is 0 Å². The number of hydroxylamine groups is 2. The summed E-state index contributed by atoms with van der Waals surface area (Å²) in [6, 6.07) is 0. The molecule has 1 heterocycles. The van der Waals surface area contributed by atoms with Gasteiger partial charge in [-0.15, -0.1) is 0 Å². The normalized spacial score (nSPS) is 26.4. The van der Waals surface area contributed by atoms with Gasteiger partial charge in [0.1, 0.15) is 0 Å². The number of nitrogens with one attached hydrogen (secondary N) is 1. The van der Waals surface area contributed by atoms with E-state index in [4.69, 9.17) is 16.7 Å². The van der Waals surface area contributed by atoms with Gasteiger partial charge in [-0.3, -0.25) is 4.79 Å². The first-order chi connectivity index (χ1) is 4.55. The molecule has 0 fully saturated rings. The van der Waals surface area contributed by atoms with E-state index in [0.717, 1.165) is 0 Å². The average molecular weight is 146 g/mol. The van der Waals surface area contributed by atoms with Crippen molar-refractivity contribution in [3.63, 3.8) is 0 Å². The Kier molecular flexibility index (Phi) is 1.25. The van der Waals surface area contributed by atoms with Crippen LogP contribution < -0.4 is 16.6 Å². The molecular weight excluding hydrogens is 140 g/mol. The molecule has 0 aromatic heterocycles. The van der Waals surface area contributed by atoms with Crippen molar-refractivity contribution in [2.24, 2.45) is 11.5 Å². The van der Waals surface area contributed by atoms with Crippen molar-refractivity contribution in [2.45, 2.75) is 0 Å². The summed E-state index contributed by atoms with van der Waals surface area (Å²) in [5, 5.41) is 18.0. The standard InChI is InChI=1S/C3H6N4O3/c4-1-2(5)6(9)7(10)3(1)8/h6,10H,4-5H2. The molecule has 10 heavy (non-hydrogen) atoms. The molecule has 0 radical (unpaired) electrons. The average Bonchev–Trinajstić information content (AvgIpc) is 2.07. The van der Waals surface area contributed by atoms with Crippen molar-refractivity contribution >= 4 is 5.91 Å². The topological polar surface area (TPSA) is 120 Å². The number of carbonyl (C=O) groups excluding carboxylic acids is 1. The van der Waals surface area contributed by atoms with Gasteiger partial charge in [0.2, 0.25) is 0 Å². The summed E-state index contributed by atoms with van der Waals surface area (Å²) < 4.78 is 0. The fraction of sp³-hybridized carbons (Fsp3) is 0. The van der Waals surface area contributed by atoms with Crippen molar-refractivity contribution in [3.8, 4) is 0 Å². The molecule has 1 unspecified atom stereocenters. The summed E-state index contributed by atoms with van der Waals surface area (Å²) in [7, 11) is 0. The molecular formula is C3H6N4O3. The lowest BCUT2D eigenvalue weighted by molar-refractivity contribution is -0.959. The molecule has 0 saturated carbocycles. The summed E-state index contributed by atoms with van der Waals surface area (Å²) in [6.07, 6.45) is 0. The zero-order valence-corrected chi connectivity index (χ0v) is 4.87. The van der Waals surface area contributed by atoms with Crippen molar-refractivity contribution in [1.29, 1.82) is 0 Å². The lowest BCUT2D eigenvalue weighted by atomic mass is 10.4. The van der Waals surface area contributed by atoms with Crippen LogP contribution in [0.1, 0.15) is 0 Å². The van der Waals surface area contributed by atoms with Crippen LogP contribution in [-0.4, -0.2) is 16.3 Å². The highest BCUT2D eigenvalue weighted by Gasteiger charge is 2.34. The van der Waals surface area contributed by atoms with E-state index in [0.29, 0.717) is 0 Å². The molecule has 1 aliphatic rings. The third kappa shape index (κ3) is 0.620. The fourth-order valence-corrected chi connectivity index (χ4v) is 0.551. The SMILES string of the molecule is NC1=C(N)[NH+]([O-])N(O)C1=O. The highest BCUT2D eigenvalue weighted by Crippen LogP contribution is 1.95. The second kappa shape index (κ2) is 1.84. The number of carbonyl (C=O) groups is 1. The summed E-state index contributed by atoms with van der Waals surface area (Å²) in [6.45, 7) is 0. The predicted octanol–water partition coefficient (Wildman–Crippen LogP) is -3.40. The minimum atomic E-state index is -0.970. The minimum absolute atomic E-state index is 0.120.